The Kier molecular flexibility index (Phi) is 3.84. The number of primary sulfonamides is 1. The number of sulfonamides is 1. The molecule has 1 aromatic heterocycles. The summed E-state index contributed by atoms with van der Waals surface area (Å²) >= 11 is 1.10. The highest BCUT2D eigenvalue weighted by atomic mass is 32.2. The standard InChI is InChI=1S/C11H10FN3O3S2/c1-6-10(19-5-14-6)11(16)15-9-4-7(20(13,17)18)2-3-8(9)12/h2-5H,1H3,(H,15,16)(H2,13,17,18). The topological polar surface area (TPSA) is 102 Å². The highest BCUT2D eigenvalue weighted by Gasteiger charge is 2.16. The molecule has 0 aliphatic heterocycles. The van der Waals surface area contributed by atoms with E-state index in [2.05, 4.69) is 10.3 Å². The van der Waals surface area contributed by atoms with Gasteiger partial charge in [0.1, 0.15) is 10.7 Å². The Morgan fingerprint density at radius 1 is 1.45 bits per heavy atom. The van der Waals surface area contributed by atoms with Gasteiger partial charge in [0.25, 0.3) is 5.91 Å². The van der Waals surface area contributed by atoms with E-state index in [1.54, 1.807) is 6.92 Å². The van der Waals surface area contributed by atoms with Gasteiger partial charge in [-0.1, -0.05) is 0 Å². The lowest BCUT2D eigenvalue weighted by atomic mass is 10.3. The molecule has 2 aromatic rings. The quantitative estimate of drug-likeness (QED) is 0.895. The van der Waals surface area contributed by atoms with Crippen LogP contribution in [-0.4, -0.2) is 19.3 Å². The van der Waals surface area contributed by atoms with Crippen LogP contribution in [0.25, 0.3) is 0 Å². The first-order valence-corrected chi connectivity index (χ1v) is 7.75. The molecule has 0 atom stereocenters. The third kappa shape index (κ3) is 3.00. The van der Waals surface area contributed by atoms with Crippen molar-refractivity contribution in [2.24, 2.45) is 5.14 Å². The zero-order valence-electron chi connectivity index (χ0n) is 10.3. The number of thiazole rings is 1. The molecule has 0 bridgehead atoms. The van der Waals surface area contributed by atoms with E-state index in [4.69, 9.17) is 5.14 Å². The van der Waals surface area contributed by atoms with Crippen LogP contribution in [0.15, 0.2) is 28.6 Å². The fraction of sp³-hybridized carbons (Fsp3) is 0.0909. The van der Waals surface area contributed by atoms with Crippen LogP contribution in [0.5, 0.6) is 0 Å². The van der Waals surface area contributed by atoms with Crippen LogP contribution >= 0.6 is 11.3 Å². The van der Waals surface area contributed by atoms with E-state index in [0.29, 0.717) is 10.6 Å². The predicted molar refractivity (Wildman–Crippen MR) is 72.6 cm³/mol. The summed E-state index contributed by atoms with van der Waals surface area (Å²) < 4.78 is 36.0. The lowest BCUT2D eigenvalue weighted by Crippen LogP contribution is -2.15. The fourth-order valence-corrected chi connectivity index (χ4v) is 2.71. The van der Waals surface area contributed by atoms with E-state index >= 15 is 0 Å². The van der Waals surface area contributed by atoms with Crippen molar-refractivity contribution < 1.29 is 17.6 Å². The minimum absolute atomic E-state index is 0.255. The number of nitrogens with zero attached hydrogens (tertiary/aromatic N) is 1. The summed E-state index contributed by atoms with van der Waals surface area (Å²) in [7, 11) is -3.97. The van der Waals surface area contributed by atoms with E-state index in [1.165, 1.54) is 5.51 Å². The zero-order chi connectivity index (χ0) is 14.9. The molecular weight excluding hydrogens is 305 g/mol. The van der Waals surface area contributed by atoms with Crippen LogP contribution in [0.3, 0.4) is 0 Å². The minimum atomic E-state index is -3.97. The summed E-state index contributed by atoms with van der Waals surface area (Å²) in [5, 5.41) is 7.26. The van der Waals surface area contributed by atoms with Crippen molar-refractivity contribution in [1.82, 2.24) is 4.98 Å². The second-order valence-electron chi connectivity index (χ2n) is 3.91. The molecule has 0 aliphatic carbocycles. The number of carbonyl (C=O) groups is 1. The molecule has 0 unspecified atom stereocenters. The molecule has 0 spiro atoms. The molecule has 20 heavy (non-hydrogen) atoms. The van der Waals surface area contributed by atoms with Crippen molar-refractivity contribution in [1.29, 1.82) is 0 Å². The van der Waals surface area contributed by atoms with Crippen LogP contribution < -0.4 is 10.5 Å². The van der Waals surface area contributed by atoms with Crippen molar-refractivity contribution in [3.8, 4) is 0 Å². The molecular formula is C11H10FN3O3S2. The van der Waals surface area contributed by atoms with Crippen molar-refractivity contribution >= 4 is 33.0 Å². The molecule has 0 fully saturated rings. The number of hydrogen-bond acceptors (Lipinski definition) is 5. The largest absolute Gasteiger partial charge is 0.319 e. The molecule has 1 amide bonds. The van der Waals surface area contributed by atoms with Crippen molar-refractivity contribution in [2.45, 2.75) is 11.8 Å². The number of halogens is 1. The summed E-state index contributed by atoms with van der Waals surface area (Å²) in [6.45, 7) is 1.64. The first-order chi connectivity index (χ1) is 9.29. The maximum atomic E-state index is 13.6. The number of amides is 1. The van der Waals surface area contributed by atoms with Gasteiger partial charge in [-0.2, -0.15) is 0 Å². The Morgan fingerprint density at radius 2 is 2.15 bits per heavy atom. The van der Waals surface area contributed by atoms with E-state index in [9.17, 15) is 17.6 Å². The van der Waals surface area contributed by atoms with Gasteiger partial charge in [-0.25, -0.2) is 22.9 Å². The maximum Gasteiger partial charge on any atom is 0.267 e. The Labute approximate surface area is 118 Å². The van der Waals surface area contributed by atoms with Crippen molar-refractivity contribution in [2.75, 3.05) is 5.32 Å². The molecule has 6 nitrogen and oxygen atoms in total. The lowest BCUT2D eigenvalue weighted by Gasteiger charge is -2.07. The van der Waals surface area contributed by atoms with Crippen LogP contribution in [0, 0.1) is 12.7 Å². The molecule has 9 heteroatoms. The normalized spacial score (nSPS) is 11.3. The number of nitrogens with one attached hydrogen (secondary N) is 1. The summed E-state index contributed by atoms with van der Waals surface area (Å²) in [5.74, 6) is -1.32. The van der Waals surface area contributed by atoms with Crippen molar-refractivity contribution in [3.05, 3.63) is 40.1 Å². The summed E-state index contributed by atoms with van der Waals surface area (Å²) in [5.41, 5.74) is 1.74. The highest BCUT2D eigenvalue weighted by Crippen LogP contribution is 2.21. The van der Waals surface area contributed by atoms with Crippen LogP contribution in [-0.2, 0) is 10.0 Å². The highest BCUT2D eigenvalue weighted by molar-refractivity contribution is 7.89. The van der Waals surface area contributed by atoms with Crippen LogP contribution in [0.2, 0.25) is 0 Å². The smallest absolute Gasteiger partial charge is 0.267 e. The lowest BCUT2D eigenvalue weighted by molar-refractivity contribution is 0.102. The van der Waals surface area contributed by atoms with Gasteiger partial charge in [-0.15, -0.1) is 11.3 Å². The Hall–Kier alpha value is -1.84. The van der Waals surface area contributed by atoms with Gasteiger partial charge in [-0.05, 0) is 25.1 Å². The first-order valence-electron chi connectivity index (χ1n) is 5.33. The third-order valence-electron chi connectivity index (χ3n) is 2.47. The number of hydrogen-bond donors (Lipinski definition) is 2. The monoisotopic (exact) mass is 315 g/mol. The van der Waals surface area contributed by atoms with E-state index in [-0.39, 0.29) is 10.6 Å². The number of aryl methyl sites for hydroxylation is 1. The SMILES string of the molecule is Cc1ncsc1C(=O)Nc1cc(S(N)(=O)=O)ccc1F. The van der Waals surface area contributed by atoms with Gasteiger partial charge in [-0.3, -0.25) is 4.79 Å². The minimum Gasteiger partial charge on any atom is -0.319 e. The summed E-state index contributed by atoms with van der Waals surface area (Å²) in [6.07, 6.45) is 0. The number of nitrogens with two attached hydrogens (primary N) is 1. The molecule has 0 saturated carbocycles. The van der Waals surface area contributed by atoms with Crippen LogP contribution in [0.4, 0.5) is 10.1 Å². The van der Waals surface area contributed by atoms with E-state index in [1.807, 2.05) is 0 Å². The number of benzene rings is 1. The Balaban J connectivity index is 2.34. The van der Waals surface area contributed by atoms with Gasteiger partial charge in [0.15, 0.2) is 0 Å². The Bertz CT molecular complexity index is 771. The molecule has 3 N–H and O–H groups in total. The molecule has 0 saturated heterocycles. The number of rotatable bonds is 3. The maximum absolute atomic E-state index is 13.6. The second kappa shape index (κ2) is 5.27. The zero-order valence-corrected chi connectivity index (χ0v) is 11.9. The number of carbonyl (C=O) groups excluding carboxylic acids is 1. The summed E-state index contributed by atoms with van der Waals surface area (Å²) in [4.78, 5) is 15.9. The predicted octanol–water partition coefficient (Wildman–Crippen LogP) is 1.49. The second-order valence-corrected chi connectivity index (χ2v) is 6.32. The summed E-state index contributed by atoms with van der Waals surface area (Å²) in [6, 6.07) is 2.92. The van der Waals surface area contributed by atoms with Gasteiger partial charge < -0.3 is 5.32 Å². The molecule has 106 valence electrons. The van der Waals surface area contributed by atoms with Gasteiger partial charge in [0.2, 0.25) is 10.0 Å². The van der Waals surface area contributed by atoms with Gasteiger partial charge >= 0.3 is 0 Å². The molecule has 1 aromatic carbocycles. The van der Waals surface area contributed by atoms with Crippen LogP contribution in [0.1, 0.15) is 15.4 Å². The molecule has 0 aliphatic rings. The molecule has 1 heterocycles. The van der Waals surface area contributed by atoms with Gasteiger partial charge in [0, 0.05) is 0 Å². The number of aromatic nitrogens is 1. The average molecular weight is 315 g/mol. The van der Waals surface area contributed by atoms with E-state index < -0.39 is 21.7 Å². The number of anilines is 1. The molecule has 2 rings (SSSR count). The average Bonchev–Trinajstić information content (AvgIpc) is 2.77. The van der Waals surface area contributed by atoms with E-state index in [0.717, 1.165) is 29.5 Å². The Morgan fingerprint density at radius 3 is 2.70 bits per heavy atom. The third-order valence-corrected chi connectivity index (χ3v) is 4.30. The first kappa shape index (κ1) is 14.6. The fourth-order valence-electron chi connectivity index (χ4n) is 1.48. The molecule has 0 radical (unpaired) electrons. The van der Waals surface area contributed by atoms with Crippen molar-refractivity contribution in [3.63, 3.8) is 0 Å². The van der Waals surface area contributed by atoms with Gasteiger partial charge in [0.05, 0.1) is 21.8 Å².